The van der Waals surface area contributed by atoms with Crippen molar-refractivity contribution in [2.75, 3.05) is 13.1 Å². The lowest BCUT2D eigenvalue weighted by Gasteiger charge is -2.14. The molecule has 1 aromatic carbocycles. The lowest BCUT2D eigenvalue weighted by molar-refractivity contribution is 0.328. The summed E-state index contributed by atoms with van der Waals surface area (Å²) in [6.07, 6.45) is 3.25. The first-order valence-electron chi connectivity index (χ1n) is 5.86. The highest BCUT2D eigenvalue weighted by molar-refractivity contribution is 5.85. The van der Waals surface area contributed by atoms with Gasteiger partial charge in [-0.2, -0.15) is 0 Å². The monoisotopic (exact) mass is 251 g/mol. The van der Waals surface area contributed by atoms with Crippen molar-refractivity contribution in [1.82, 2.24) is 9.88 Å². The molecule has 1 saturated heterocycles. The molecule has 3 nitrogen and oxygen atoms in total. The van der Waals surface area contributed by atoms with Crippen LogP contribution in [0.1, 0.15) is 12.0 Å². The summed E-state index contributed by atoms with van der Waals surface area (Å²) in [5.74, 6) is 0. The zero-order valence-corrected chi connectivity index (χ0v) is 10.5. The Hall–Kier alpha value is -1.03. The third-order valence-electron chi connectivity index (χ3n) is 3.38. The van der Waals surface area contributed by atoms with Gasteiger partial charge in [-0.15, -0.1) is 12.4 Å². The van der Waals surface area contributed by atoms with Gasteiger partial charge in [0.15, 0.2) is 0 Å². The van der Waals surface area contributed by atoms with E-state index < -0.39 is 0 Å². The normalized spacial score (nSPS) is 20.6. The maximum atomic E-state index is 5.92. The van der Waals surface area contributed by atoms with E-state index in [-0.39, 0.29) is 12.4 Å². The van der Waals surface area contributed by atoms with E-state index in [0.717, 1.165) is 26.1 Å². The van der Waals surface area contributed by atoms with Crippen LogP contribution in [0.25, 0.3) is 10.9 Å². The Morgan fingerprint density at radius 1 is 1.35 bits per heavy atom. The number of nitrogens with one attached hydrogen (secondary N) is 1. The van der Waals surface area contributed by atoms with Gasteiger partial charge in [-0.05, 0) is 18.1 Å². The number of para-hydroxylation sites is 1. The molecule has 92 valence electrons. The fourth-order valence-corrected chi connectivity index (χ4v) is 2.51. The molecule has 0 bridgehead atoms. The second-order valence-electron chi connectivity index (χ2n) is 4.64. The molecule has 1 aromatic heterocycles. The van der Waals surface area contributed by atoms with Crippen molar-refractivity contribution in [3.05, 3.63) is 36.0 Å². The van der Waals surface area contributed by atoms with E-state index in [1.807, 2.05) is 0 Å². The summed E-state index contributed by atoms with van der Waals surface area (Å²) in [4.78, 5) is 5.75. The van der Waals surface area contributed by atoms with Gasteiger partial charge in [0.05, 0.1) is 0 Å². The largest absolute Gasteiger partial charge is 0.361 e. The van der Waals surface area contributed by atoms with Crippen LogP contribution < -0.4 is 5.73 Å². The van der Waals surface area contributed by atoms with E-state index in [9.17, 15) is 0 Å². The first-order chi connectivity index (χ1) is 7.83. The van der Waals surface area contributed by atoms with Gasteiger partial charge in [0, 0.05) is 42.8 Å². The number of aromatic amines is 1. The maximum Gasteiger partial charge on any atom is 0.0457 e. The number of nitrogens with zero attached hydrogens (tertiary/aromatic N) is 1. The fourth-order valence-electron chi connectivity index (χ4n) is 2.51. The van der Waals surface area contributed by atoms with E-state index in [4.69, 9.17) is 5.73 Å². The summed E-state index contributed by atoms with van der Waals surface area (Å²) in [5.41, 5.74) is 8.52. The number of nitrogens with two attached hydrogens (primary N) is 1. The van der Waals surface area contributed by atoms with Crippen molar-refractivity contribution < 1.29 is 0 Å². The van der Waals surface area contributed by atoms with Crippen LogP contribution in [-0.2, 0) is 6.54 Å². The summed E-state index contributed by atoms with van der Waals surface area (Å²) >= 11 is 0. The van der Waals surface area contributed by atoms with Gasteiger partial charge in [-0.3, -0.25) is 4.90 Å². The van der Waals surface area contributed by atoms with Crippen molar-refractivity contribution in [3.63, 3.8) is 0 Å². The predicted molar refractivity (Wildman–Crippen MR) is 73.4 cm³/mol. The van der Waals surface area contributed by atoms with E-state index in [1.165, 1.54) is 16.5 Å². The summed E-state index contributed by atoms with van der Waals surface area (Å²) in [6, 6.07) is 8.82. The molecule has 3 N–H and O–H groups in total. The quantitative estimate of drug-likeness (QED) is 0.859. The molecular weight excluding hydrogens is 234 g/mol. The number of H-pyrrole nitrogens is 1. The lowest BCUT2D eigenvalue weighted by atomic mass is 10.1. The molecule has 2 aromatic rings. The van der Waals surface area contributed by atoms with Gasteiger partial charge in [-0.25, -0.2) is 0 Å². The van der Waals surface area contributed by atoms with Crippen LogP contribution in [-0.4, -0.2) is 29.0 Å². The predicted octanol–water partition coefficient (Wildman–Crippen LogP) is 2.12. The number of hydrogen-bond acceptors (Lipinski definition) is 2. The molecule has 0 radical (unpaired) electrons. The van der Waals surface area contributed by atoms with E-state index in [0.29, 0.717) is 6.04 Å². The Kier molecular flexibility index (Phi) is 3.72. The van der Waals surface area contributed by atoms with Crippen LogP contribution in [0.4, 0.5) is 0 Å². The highest BCUT2D eigenvalue weighted by atomic mass is 35.5. The summed E-state index contributed by atoms with van der Waals surface area (Å²) < 4.78 is 0. The molecule has 4 heteroatoms. The molecule has 0 aliphatic carbocycles. The molecule has 0 amide bonds. The van der Waals surface area contributed by atoms with E-state index >= 15 is 0 Å². The molecule has 0 spiro atoms. The second-order valence-corrected chi connectivity index (χ2v) is 4.64. The van der Waals surface area contributed by atoms with Crippen molar-refractivity contribution >= 4 is 23.3 Å². The maximum absolute atomic E-state index is 5.92. The molecule has 0 saturated carbocycles. The van der Waals surface area contributed by atoms with Gasteiger partial charge < -0.3 is 10.7 Å². The van der Waals surface area contributed by atoms with E-state index in [2.05, 4.69) is 40.3 Å². The first-order valence-corrected chi connectivity index (χ1v) is 5.86. The van der Waals surface area contributed by atoms with Gasteiger partial charge >= 0.3 is 0 Å². The third-order valence-corrected chi connectivity index (χ3v) is 3.38. The molecule has 1 aliphatic rings. The Labute approximate surface area is 107 Å². The molecule has 1 atom stereocenters. The number of rotatable bonds is 2. The van der Waals surface area contributed by atoms with Gasteiger partial charge in [0.25, 0.3) is 0 Å². The molecule has 17 heavy (non-hydrogen) atoms. The molecule has 1 unspecified atom stereocenters. The summed E-state index contributed by atoms with van der Waals surface area (Å²) in [7, 11) is 0. The average molecular weight is 252 g/mol. The van der Waals surface area contributed by atoms with Crippen LogP contribution in [0.3, 0.4) is 0 Å². The number of fused-ring (bicyclic) bond motifs is 1. The third kappa shape index (κ3) is 2.46. The van der Waals surface area contributed by atoms with Crippen LogP contribution in [0, 0.1) is 0 Å². The SMILES string of the molecule is Cl.NC1CCN(Cc2c[nH]c3ccccc23)C1. The first kappa shape index (κ1) is 12.4. The van der Waals surface area contributed by atoms with Crippen molar-refractivity contribution in [3.8, 4) is 0 Å². The molecule has 1 aliphatic heterocycles. The lowest BCUT2D eigenvalue weighted by Crippen LogP contribution is -2.26. The van der Waals surface area contributed by atoms with Gasteiger partial charge in [0.1, 0.15) is 0 Å². The van der Waals surface area contributed by atoms with Crippen LogP contribution in [0.2, 0.25) is 0 Å². The summed E-state index contributed by atoms with van der Waals surface area (Å²) in [5, 5.41) is 1.34. The summed E-state index contributed by atoms with van der Waals surface area (Å²) in [6.45, 7) is 3.16. The molecule has 2 heterocycles. The Morgan fingerprint density at radius 3 is 2.94 bits per heavy atom. The minimum absolute atomic E-state index is 0. The van der Waals surface area contributed by atoms with Crippen molar-refractivity contribution in [1.29, 1.82) is 0 Å². The zero-order valence-electron chi connectivity index (χ0n) is 9.73. The van der Waals surface area contributed by atoms with Crippen LogP contribution in [0.5, 0.6) is 0 Å². The Morgan fingerprint density at radius 2 is 2.18 bits per heavy atom. The number of hydrogen-bond donors (Lipinski definition) is 2. The number of aromatic nitrogens is 1. The fraction of sp³-hybridized carbons (Fsp3) is 0.385. The number of halogens is 1. The Balaban J connectivity index is 0.00000108. The molecule has 1 fully saturated rings. The highest BCUT2D eigenvalue weighted by Crippen LogP contribution is 2.20. The van der Waals surface area contributed by atoms with Crippen LogP contribution in [0.15, 0.2) is 30.5 Å². The minimum atomic E-state index is 0. The average Bonchev–Trinajstić information content (AvgIpc) is 2.87. The standard InChI is InChI=1S/C13H17N3.ClH/c14-11-5-6-16(9-11)8-10-7-15-13-4-2-1-3-12(10)13;/h1-4,7,11,15H,5-6,8-9,14H2;1H. The van der Waals surface area contributed by atoms with Crippen LogP contribution >= 0.6 is 12.4 Å². The van der Waals surface area contributed by atoms with E-state index in [1.54, 1.807) is 0 Å². The smallest absolute Gasteiger partial charge is 0.0457 e. The van der Waals surface area contributed by atoms with Crippen molar-refractivity contribution in [2.24, 2.45) is 5.73 Å². The molecule has 3 rings (SSSR count). The molecular formula is C13H18ClN3. The van der Waals surface area contributed by atoms with Gasteiger partial charge in [-0.1, -0.05) is 18.2 Å². The topological polar surface area (TPSA) is 45.0 Å². The van der Waals surface area contributed by atoms with Crippen molar-refractivity contribution in [2.45, 2.75) is 19.0 Å². The number of benzene rings is 1. The minimum Gasteiger partial charge on any atom is -0.361 e. The zero-order chi connectivity index (χ0) is 11.0. The Bertz CT molecular complexity index is 494. The number of likely N-dealkylation sites (tertiary alicyclic amines) is 1. The highest BCUT2D eigenvalue weighted by Gasteiger charge is 2.19. The van der Waals surface area contributed by atoms with Gasteiger partial charge in [0.2, 0.25) is 0 Å². The second kappa shape index (κ2) is 5.08.